The molecule has 0 aromatic heterocycles. The van der Waals surface area contributed by atoms with E-state index in [1.165, 1.54) is 5.56 Å². The highest BCUT2D eigenvalue weighted by molar-refractivity contribution is 5.47. The Bertz CT molecular complexity index is 374. The summed E-state index contributed by atoms with van der Waals surface area (Å²) >= 11 is 0. The topological polar surface area (TPSA) is 21.3 Å². The van der Waals surface area contributed by atoms with E-state index in [2.05, 4.69) is 17.2 Å². The van der Waals surface area contributed by atoms with Gasteiger partial charge in [0.15, 0.2) is 0 Å². The van der Waals surface area contributed by atoms with E-state index in [-0.39, 0.29) is 0 Å². The van der Waals surface area contributed by atoms with E-state index in [1.807, 2.05) is 32.2 Å². The van der Waals surface area contributed by atoms with Crippen LogP contribution in [-0.2, 0) is 0 Å². The lowest BCUT2D eigenvalue weighted by Crippen LogP contribution is -2.05. The van der Waals surface area contributed by atoms with Crippen molar-refractivity contribution in [3.05, 3.63) is 29.3 Å². The van der Waals surface area contributed by atoms with E-state index >= 15 is 0 Å². The molecule has 0 atom stereocenters. The van der Waals surface area contributed by atoms with Crippen molar-refractivity contribution >= 4 is 0 Å². The minimum Gasteiger partial charge on any atom is -0.495 e. The van der Waals surface area contributed by atoms with Gasteiger partial charge < -0.3 is 10.1 Å². The lowest BCUT2D eigenvalue weighted by Gasteiger charge is -2.03. The van der Waals surface area contributed by atoms with E-state index in [9.17, 15) is 0 Å². The molecule has 2 nitrogen and oxygen atoms in total. The first-order chi connectivity index (χ1) is 7.27. The van der Waals surface area contributed by atoms with Crippen LogP contribution in [-0.4, -0.2) is 20.7 Å². The van der Waals surface area contributed by atoms with E-state index in [0.29, 0.717) is 0 Å². The molecule has 0 saturated heterocycles. The fourth-order valence-electron chi connectivity index (χ4n) is 1.25. The van der Waals surface area contributed by atoms with Crippen molar-refractivity contribution in [2.75, 3.05) is 20.7 Å². The summed E-state index contributed by atoms with van der Waals surface area (Å²) in [4.78, 5) is 0. The van der Waals surface area contributed by atoms with Crippen molar-refractivity contribution in [1.82, 2.24) is 5.32 Å². The summed E-state index contributed by atoms with van der Waals surface area (Å²) in [5.41, 5.74) is 2.15. The molecule has 0 aliphatic heterocycles. The molecule has 15 heavy (non-hydrogen) atoms. The molecule has 0 radical (unpaired) electrons. The Labute approximate surface area is 91.6 Å². The van der Waals surface area contributed by atoms with Crippen molar-refractivity contribution in [1.29, 1.82) is 0 Å². The van der Waals surface area contributed by atoms with Crippen LogP contribution in [0.3, 0.4) is 0 Å². The Hall–Kier alpha value is -1.46. The molecule has 1 aromatic carbocycles. The van der Waals surface area contributed by atoms with Gasteiger partial charge in [0.25, 0.3) is 0 Å². The van der Waals surface area contributed by atoms with E-state index in [4.69, 9.17) is 4.74 Å². The Morgan fingerprint density at radius 2 is 2.20 bits per heavy atom. The number of methoxy groups -OCH3 is 1. The van der Waals surface area contributed by atoms with Crippen LogP contribution < -0.4 is 10.1 Å². The Balaban J connectivity index is 2.78. The second-order valence-corrected chi connectivity index (χ2v) is 3.36. The van der Waals surface area contributed by atoms with Crippen molar-refractivity contribution in [2.24, 2.45) is 0 Å². The van der Waals surface area contributed by atoms with Crippen LogP contribution in [0, 0.1) is 18.8 Å². The first-order valence-electron chi connectivity index (χ1n) is 5.06. The fourth-order valence-corrected chi connectivity index (χ4v) is 1.25. The number of rotatable bonds is 3. The minimum atomic E-state index is 0.854. The van der Waals surface area contributed by atoms with Crippen LogP contribution >= 0.6 is 0 Å². The average molecular weight is 203 g/mol. The number of hydrogen-bond acceptors (Lipinski definition) is 2. The van der Waals surface area contributed by atoms with Crippen molar-refractivity contribution < 1.29 is 4.74 Å². The molecule has 0 unspecified atom stereocenters. The lowest BCUT2D eigenvalue weighted by atomic mass is 10.1. The second-order valence-electron chi connectivity index (χ2n) is 3.36. The number of ether oxygens (including phenoxy) is 1. The largest absolute Gasteiger partial charge is 0.495 e. The number of aryl methyl sites for hydroxylation is 1. The normalized spacial score (nSPS) is 9.27. The van der Waals surface area contributed by atoms with Gasteiger partial charge in [0.05, 0.1) is 12.7 Å². The first kappa shape index (κ1) is 11.6. The third kappa shape index (κ3) is 3.65. The van der Waals surface area contributed by atoms with Gasteiger partial charge in [-0.2, -0.15) is 0 Å². The van der Waals surface area contributed by atoms with E-state index in [0.717, 1.165) is 24.3 Å². The molecular formula is C13H17NO. The lowest BCUT2D eigenvalue weighted by molar-refractivity contribution is 0.413. The molecule has 1 rings (SSSR count). The van der Waals surface area contributed by atoms with Gasteiger partial charge in [-0.3, -0.25) is 0 Å². The summed E-state index contributed by atoms with van der Waals surface area (Å²) in [5.74, 6) is 7.07. The Morgan fingerprint density at radius 1 is 1.40 bits per heavy atom. The highest BCUT2D eigenvalue weighted by Gasteiger charge is 1.98. The molecule has 1 N–H and O–H groups in total. The predicted octanol–water partition coefficient (Wildman–Crippen LogP) is 1.96. The summed E-state index contributed by atoms with van der Waals surface area (Å²) in [7, 11) is 3.60. The van der Waals surface area contributed by atoms with Gasteiger partial charge in [-0.25, -0.2) is 0 Å². The smallest absolute Gasteiger partial charge is 0.134 e. The Kier molecular flexibility index (Phi) is 4.73. The summed E-state index contributed by atoms with van der Waals surface area (Å²) in [6, 6.07) is 6.05. The maximum absolute atomic E-state index is 5.27. The van der Waals surface area contributed by atoms with Crippen molar-refractivity contribution in [3.8, 4) is 17.6 Å². The molecule has 1 aromatic rings. The molecule has 0 amide bonds. The monoisotopic (exact) mass is 203 g/mol. The molecule has 0 spiro atoms. The highest BCUT2D eigenvalue weighted by atomic mass is 16.5. The number of hydrogen-bond donors (Lipinski definition) is 1. The average Bonchev–Trinajstić information content (AvgIpc) is 2.26. The summed E-state index contributed by atoms with van der Waals surface area (Å²) in [6.07, 6.45) is 0.855. The molecule has 0 fully saturated rings. The third-order valence-electron chi connectivity index (χ3n) is 2.08. The van der Waals surface area contributed by atoms with Crippen LogP contribution in [0.25, 0.3) is 0 Å². The van der Waals surface area contributed by atoms with Gasteiger partial charge in [0.2, 0.25) is 0 Å². The van der Waals surface area contributed by atoms with Crippen LogP contribution in [0.1, 0.15) is 17.5 Å². The SMILES string of the molecule is CNCCC#Cc1ccc(C)cc1OC. The zero-order chi connectivity index (χ0) is 11.1. The molecule has 80 valence electrons. The third-order valence-corrected chi connectivity index (χ3v) is 2.08. The molecular weight excluding hydrogens is 186 g/mol. The second kappa shape index (κ2) is 6.10. The number of nitrogens with one attached hydrogen (secondary N) is 1. The van der Waals surface area contributed by atoms with Crippen molar-refractivity contribution in [3.63, 3.8) is 0 Å². The summed E-state index contributed by atoms with van der Waals surface area (Å²) in [6.45, 7) is 2.96. The number of benzene rings is 1. The maximum atomic E-state index is 5.27. The zero-order valence-electron chi connectivity index (χ0n) is 9.55. The zero-order valence-corrected chi connectivity index (χ0v) is 9.55. The quantitative estimate of drug-likeness (QED) is 0.599. The van der Waals surface area contributed by atoms with Crippen LogP contribution in [0.5, 0.6) is 5.75 Å². The highest BCUT2D eigenvalue weighted by Crippen LogP contribution is 2.18. The molecule has 0 heterocycles. The van der Waals surface area contributed by atoms with Gasteiger partial charge >= 0.3 is 0 Å². The first-order valence-corrected chi connectivity index (χ1v) is 5.06. The van der Waals surface area contributed by atoms with Gasteiger partial charge in [-0.1, -0.05) is 17.9 Å². The van der Waals surface area contributed by atoms with Gasteiger partial charge in [-0.15, -0.1) is 0 Å². The summed E-state index contributed by atoms with van der Waals surface area (Å²) < 4.78 is 5.27. The van der Waals surface area contributed by atoms with Gasteiger partial charge in [-0.05, 0) is 31.7 Å². The van der Waals surface area contributed by atoms with Crippen LogP contribution in [0.2, 0.25) is 0 Å². The standard InChI is InChI=1S/C13H17NO/c1-11-7-8-12(13(10-11)15-3)6-4-5-9-14-2/h7-8,10,14H,5,9H2,1-3H3. The van der Waals surface area contributed by atoms with Crippen LogP contribution in [0.4, 0.5) is 0 Å². The van der Waals surface area contributed by atoms with E-state index in [1.54, 1.807) is 7.11 Å². The molecule has 0 aliphatic rings. The molecule has 0 saturated carbocycles. The fraction of sp³-hybridized carbons (Fsp3) is 0.385. The molecule has 2 heteroatoms. The van der Waals surface area contributed by atoms with Crippen molar-refractivity contribution in [2.45, 2.75) is 13.3 Å². The van der Waals surface area contributed by atoms with E-state index < -0.39 is 0 Å². The maximum Gasteiger partial charge on any atom is 0.134 e. The molecule has 0 aliphatic carbocycles. The van der Waals surface area contributed by atoms with Crippen LogP contribution in [0.15, 0.2) is 18.2 Å². The van der Waals surface area contributed by atoms with Gasteiger partial charge in [0, 0.05) is 13.0 Å². The predicted molar refractivity (Wildman–Crippen MR) is 63.2 cm³/mol. The molecule has 0 bridgehead atoms. The van der Waals surface area contributed by atoms with Gasteiger partial charge in [0.1, 0.15) is 5.75 Å². The minimum absolute atomic E-state index is 0.854. The summed E-state index contributed by atoms with van der Waals surface area (Å²) in [5, 5.41) is 3.06. The Morgan fingerprint density at radius 3 is 2.87 bits per heavy atom.